The lowest BCUT2D eigenvalue weighted by molar-refractivity contribution is 0.328. The zero-order chi connectivity index (χ0) is 14.8. The van der Waals surface area contributed by atoms with Crippen LogP contribution in [0.3, 0.4) is 0 Å². The van der Waals surface area contributed by atoms with E-state index in [-0.39, 0.29) is 0 Å². The van der Waals surface area contributed by atoms with Gasteiger partial charge in [-0.1, -0.05) is 6.92 Å². The Bertz CT molecular complexity index is 625. The van der Waals surface area contributed by atoms with Gasteiger partial charge in [0.15, 0.2) is 0 Å². The number of nitrogens with two attached hydrogens (primary N) is 1. The highest BCUT2D eigenvalue weighted by molar-refractivity contribution is 5.98. The zero-order valence-electron chi connectivity index (χ0n) is 12.9. The van der Waals surface area contributed by atoms with Gasteiger partial charge in [-0.2, -0.15) is 0 Å². The van der Waals surface area contributed by atoms with Crippen LogP contribution in [0.5, 0.6) is 0 Å². The van der Waals surface area contributed by atoms with Crippen LogP contribution in [0, 0.1) is 0 Å². The van der Waals surface area contributed by atoms with Crippen molar-refractivity contribution in [2.24, 2.45) is 0 Å². The van der Waals surface area contributed by atoms with Crippen LogP contribution in [0.2, 0.25) is 0 Å². The molecule has 1 atom stereocenters. The van der Waals surface area contributed by atoms with E-state index in [1.165, 1.54) is 17.5 Å². The Hall–Kier alpha value is -1.81. The van der Waals surface area contributed by atoms with Crippen LogP contribution < -0.4 is 10.6 Å². The second-order valence-electron chi connectivity index (χ2n) is 5.94. The molecule has 4 nitrogen and oxygen atoms in total. The molecule has 1 unspecified atom stereocenters. The first-order chi connectivity index (χ1) is 10.2. The number of likely N-dealkylation sites (N-methyl/N-ethyl adjacent to an activating group) is 1. The Balaban J connectivity index is 2.08. The summed E-state index contributed by atoms with van der Waals surface area (Å²) in [6.45, 7) is 5.64. The molecule has 4 heteroatoms. The van der Waals surface area contributed by atoms with Crippen molar-refractivity contribution in [3.05, 3.63) is 30.5 Å². The van der Waals surface area contributed by atoms with Crippen molar-refractivity contribution >= 4 is 22.3 Å². The molecule has 21 heavy (non-hydrogen) atoms. The monoisotopic (exact) mass is 284 g/mol. The molecule has 0 bridgehead atoms. The van der Waals surface area contributed by atoms with Gasteiger partial charge in [-0.3, -0.25) is 4.98 Å². The predicted octanol–water partition coefficient (Wildman–Crippen LogP) is 2.74. The van der Waals surface area contributed by atoms with Gasteiger partial charge in [-0.05, 0) is 50.7 Å². The number of hydrogen-bond acceptors (Lipinski definition) is 4. The van der Waals surface area contributed by atoms with Gasteiger partial charge >= 0.3 is 0 Å². The van der Waals surface area contributed by atoms with E-state index in [9.17, 15) is 0 Å². The molecule has 1 aromatic carbocycles. The third-order valence-electron chi connectivity index (χ3n) is 4.46. The van der Waals surface area contributed by atoms with E-state index in [1.807, 2.05) is 18.3 Å². The Labute approximate surface area is 126 Å². The van der Waals surface area contributed by atoms with Gasteiger partial charge in [0.25, 0.3) is 0 Å². The van der Waals surface area contributed by atoms with Crippen molar-refractivity contribution in [1.82, 2.24) is 9.88 Å². The summed E-state index contributed by atoms with van der Waals surface area (Å²) in [7, 11) is 2.22. The first kappa shape index (κ1) is 14.1. The van der Waals surface area contributed by atoms with Gasteiger partial charge in [-0.25, -0.2) is 0 Å². The van der Waals surface area contributed by atoms with Crippen LogP contribution in [0.4, 0.5) is 11.4 Å². The second-order valence-corrected chi connectivity index (χ2v) is 5.94. The van der Waals surface area contributed by atoms with E-state index in [2.05, 4.69) is 40.9 Å². The Morgan fingerprint density at radius 2 is 2.14 bits per heavy atom. The number of hydrogen-bond donors (Lipinski definition) is 1. The molecule has 0 aliphatic carbocycles. The minimum Gasteiger partial charge on any atom is -0.397 e. The third-order valence-corrected chi connectivity index (χ3v) is 4.46. The molecular weight excluding hydrogens is 260 g/mol. The minimum atomic E-state index is 0.546. The van der Waals surface area contributed by atoms with Crippen LogP contribution in [0.25, 0.3) is 10.9 Å². The summed E-state index contributed by atoms with van der Waals surface area (Å²) in [5, 5.41) is 1.17. The van der Waals surface area contributed by atoms with Crippen LogP contribution in [0.15, 0.2) is 30.5 Å². The van der Waals surface area contributed by atoms with Gasteiger partial charge in [0.2, 0.25) is 0 Å². The largest absolute Gasteiger partial charge is 0.397 e. The predicted molar refractivity (Wildman–Crippen MR) is 89.7 cm³/mol. The summed E-state index contributed by atoms with van der Waals surface area (Å²) in [6, 6.07) is 8.83. The molecule has 1 fully saturated rings. The van der Waals surface area contributed by atoms with Crippen molar-refractivity contribution in [2.75, 3.05) is 37.3 Å². The number of anilines is 2. The number of aromatic nitrogens is 1. The molecule has 2 heterocycles. The van der Waals surface area contributed by atoms with E-state index < -0.39 is 0 Å². The van der Waals surface area contributed by atoms with Crippen LogP contribution in [-0.4, -0.2) is 42.6 Å². The molecule has 112 valence electrons. The van der Waals surface area contributed by atoms with Crippen LogP contribution in [0.1, 0.15) is 19.8 Å². The van der Waals surface area contributed by atoms with Crippen molar-refractivity contribution in [1.29, 1.82) is 0 Å². The van der Waals surface area contributed by atoms with Crippen LogP contribution in [-0.2, 0) is 0 Å². The molecule has 0 amide bonds. The molecule has 0 saturated carbocycles. The summed E-state index contributed by atoms with van der Waals surface area (Å²) in [5.41, 5.74) is 9.04. The van der Waals surface area contributed by atoms with Crippen molar-refractivity contribution < 1.29 is 0 Å². The maximum atomic E-state index is 6.09. The summed E-state index contributed by atoms with van der Waals surface area (Å²) in [6.07, 6.45) is 4.16. The highest BCUT2D eigenvalue weighted by atomic mass is 15.2. The molecule has 0 radical (unpaired) electrons. The summed E-state index contributed by atoms with van der Waals surface area (Å²) < 4.78 is 0. The smallest absolute Gasteiger partial charge is 0.0951 e. The minimum absolute atomic E-state index is 0.546. The summed E-state index contributed by atoms with van der Waals surface area (Å²) >= 11 is 0. The van der Waals surface area contributed by atoms with Crippen LogP contribution >= 0.6 is 0 Å². The van der Waals surface area contributed by atoms with Gasteiger partial charge in [0, 0.05) is 36.4 Å². The number of pyridine rings is 1. The average molecular weight is 284 g/mol. The Morgan fingerprint density at radius 1 is 1.29 bits per heavy atom. The molecule has 1 aromatic heterocycles. The molecular formula is C17H24N4. The number of nitrogens with zero attached hydrogens (tertiary/aromatic N) is 3. The Kier molecular flexibility index (Phi) is 3.97. The lowest BCUT2D eigenvalue weighted by atomic mass is 10.1. The number of nitrogen functional groups attached to an aromatic ring is 1. The van der Waals surface area contributed by atoms with Gasteiger partial charge in [0.05, 0.1) is 11.2 Å². The molecule has 2 aromatic rings. The number of fused-ring (bicyclic) bond motifs is 1. The molecule has 1 saturated heterocycles. The van der Waals surface area contributed by atoms with Crippen molar-refractivity contribution in [2.45, 2.75) is 25.8 Å². The standard InChI is InChI=1S/C17H24N4/c1-3-13-12-20(2)10-5-11-21(13)16-8-7-15(18)17-14(16)6-4-9-19-17/h4,6-9,13H,3,5,10-12,18H2,1-2H3. The highest BCUT2D eigenvalue weighted by Gasteiger charge is 2.23. The molecule has 1 aliphatic heterocycles. The molecule has 1 aliphatic rings. The number of benzene rings is 1. The average Bonchev–Trinajstić information content (AvgIpc) is 2.69. The molecule has 0 spiro atoms. The zero-order valence-corrected chi connectivity index (χ0v) is 12.9. The first-order valence-corrected chi connectivity index (χ1v) is 7.79. The van der Waals surface area contributed by atoms with E-state index >= 15 is 0 Å². The summed E-state index contributed by atoms with van der Waals surface area (Å²) in [5.74, 6) is 0. The van der Waals surface area contributed by atoms with Gasteiger partial charge in [0.1, 0.15) is 0 Å². The Morgan fingerprint density at radius 3 is 2.95 bits per heavy atom. The van der Waals surface area contributed by atoms with E-state index in [4.69, 9.17) is 5.73 Å². The van der Waals surface area contributed by atoms with Gasteiger partial charge in [-0.15, -0.1) is 0 Å². The fourth-order valence-corrected chi connectivity index (χ4v) is 3.34. The lowest BCUT2D eigenvalue weighted by Crippen LogP contribution is -2.39. The van der Waals surface area contributed by atoms with Gasteiger partial charge < -0.3 is 15.5 Å². The normalized spacial score (nSPS) is 20.7. The summed E-state index contributed by atoms with van der Waals surface area (Å²) in [4.78, 5) is 9.45. The lowest BCUT2D eigenvalue weighted by Gasteiger charge is -2.33. The topological polar surface area (TPSA) is 45.4 Å². The van der Waals surface area contributed by atoms with E-state index in [0.29, 0.717) is 6.04 Å². The SMILES string of the molecule is CCC1CN(C)CCCN1c1ccc(N)c2ncccc12. The molecule has 3 rings (SSSR count). The highest BCUT2D eigenvalue weighted by Crippen LogP contribution is 2.32. The van der Waals surface area contributed by atoms with Crippen molar-refractivity contribution in [3.8, 4) is 0 Å². The maximum Gasteiger partial charge on any atom is 0.0951 e. The fraction of sp³-hybridized carbons (Fsp3) is 0.471. The maximum absolute atomic E-state index is 6.09. The quantitative estimate of drug-likeness (QED) is 0.861. The molecule has 2 N–H and O–H groups in total. The van der Waals surface area contributed by atoms with Crippen molar-refractivity contribution in [3.63, 3.8) is 0 Å². The number of rotatable bonds is 2. The fourth-order valence-electron chi connectivity index (χ4n) is 3.34. The first-order valence-electron chi connectivity index (χ1n) is 7.79. The van der Waals surface area contributed by atoms with E-state index in [1.54, 1.807) is 0 Å². The second kappa shape index (κ2) is 5.90. The van der Waals surface area contributed by atoms with E-state index in [0.717, 1.165) is 37.3 Å². The third kappa shape index (κ3) is 2.68.